The molecule has 0 aromatic heterocycles. The second-order valence-corrected chi connectivity index (χ2v) is 6.07. The molecule has 0 aliphatic carbocycles. The normalized spacial score (nSPS) is 10.2. The van der Waals surface area contributed by atoms with E-state index in [2.05, 4.69) is 5.32 Å². The van der Waals surface area contributed by atoms with E-state index in [-0.39, 0.29) is 30.4 Å². The molecule has 2 amide bonds. The lowest BCUT2D eigenvalue weighted by Crippen LogP contribution is -2.34. The molecule has 0 bridgehead atoms. The third-order valence-electron chi connectivity index (χ3n) is 4.20. The Balaban J connectivity index is 1.98. The van der Waals surface area contributed by atoms with Crippen LogP contribution in [0.15, 0.2) is 48.5 Å². The molecule has 0 heterocycles. The number of likely N-dealkylation sites (N-methyl/N-ethyl adjacent to an activating group) is 1. The zero-order chi connectivity index (χ0) is 20.5. The van der Waals surface area contributed by atoms with Crippen LogP contribution in [-0.4, -0.2) is 47.5 Å². The van der Waals surface area contributed by atoms with Gasteiger partial charge in [0.1, 0.15) is 5.75 Å². The predicted molar refractivity (Wildman–Crippen MR) is 106 cm³/mol. The number of ether oxygens (including phenoxy) is 1. The van der Waals surface area contributed by atoms with Gasteiger partial charge < -0.3 is 20.1 Å². The quantitative estimate of drug-likeness (QED) is 0.693. The van der Waals surface area contributed by atoms with Crippen molar-refractivity contribution in [1.29, 1.82) is 0 Å². The van der Waals surface area contributed by atoms with Crippen LogP contribution in [0.3, 0.4) is 0 Å². The molecule has 0 unspecified atom stereocenters. The Morgan fingerprint density at radius 1 is 1.04 bits per heavy atom. The van der Waals surface area contributed by atoms with Crippen molar-refractivity contribution in [3.63, 3.8) is 0 Å². The van der Waals surface area contributed by atoms with Gasteiger partial charge in [0.2, 0.25) is 5.91 Å². The van der Waals surface area contributed by atoms with Gasteiger partial charge in [0.15, 0.2) is 6.61 Å². The molecule has 0 fully saturated rings. The molecule has 0 aliphatic rings. The summed E-state index contributed by atoms with van der Waals surface area (Å²) in [7, 11) is 0. The Morgan fingerprint density at radius 2 is 1.75 bits per heavy atom. The Labute approximate surface area is 163 Å². The number of nitrogens with zero attached hydrogens (tertiary/aromatic N) is 1. The van der Waals surface area contributed by atoms with Gasteiger partial charge >= 0.3 is 5.97 Å². The van der Waals surface area contributed by atoms with Crippen molar-refractivity contribution < 1.29 is 24.2 Å². The topological polar surface area (TPSA) is 95.9 Å². The summed E-state index contributed by atoms with van der Waals surface area (Å²) in [6.07, 6.45) is -0.0615. The number of carboxylic acid groups (broad SMARTS) is 1. The van der Waals surface area contributed by atoms with Crippen LogP contribution in [0.1, 0.15) is 29.8 Å². The van der Waals surface area contributed by atoms with Gasteiger partial charge in [0.25, 0.3) is 5.91 Å². The Kier molecular flexibility index (Phi) is 7.56. The number of carbonyl (C=O) groups excluding carboxylic acids is 2. The molecular formula is C21H24N2O5. The average Bonchev–Trinajstić information content (AvgIpc) is 2.67. The Morgan fingerprint density at radius 3 is 2.43 bits per heavy atom. The van der Waals surface area contributed by atoms with Crippen LogP contribution in [0, 0.1) is 0 Å². The van der Waals surface area contributed by atoms with Gasteiger partial charge in [-0.25, -0.2) is 4.79 Å². The maximum Gasteiger partial charge on any atom is 0.335 e. The number of amides is 2. The van der Waals surface area contributed by atoms with Crippen LogP contribution >= 0.6 is 0 Å². The Bertz CT molecular complexity index is 846. The summed E-state index contributed by atoms with van der Waals surface area (Å²) in [5, 5.41) is 11.9. The lowest BCUT2D eigenvalue weighted by molar-refractivity contribution is -0.133. The largest absolute Gasteiger partial charge is 0.484 e. The Hall–Kier alpha value is -3.35. The fourth-order valence-electron chi connectivity index (χ4n) is 2.74. The summed E-state index contributed by atoms with van der Waals surface area (Å²) >= 11 is 0. The van der Waals surface area contributed by atoms with Crippen LogP contribution in [0.2, 0.25) is 0 Å². The second kappa shape index (κ2) is 10.1. The molecule has 7 nitrogen and oxygen atoms in total. The molecule has 0 aliphatic heterocycles. The minimum atomic E-state index is -1.07. The highest BCUT2D eigenvalue weighted by Crippen LogP contribution is 2.18. The molecule has 7 heteroatoms. The standard InChI is InChI=1S/C21H24N2O5/c1-3-23(4-2)20(25)14-28-17-10-7-9-16(13-17)22-19(24)12-15-8-5-6-11-18(15)21(26)27/h5-11,13H,3-4,12,14H2,1-2H3,(H,22,24)(H,26,27). The first-order chi connectivity index (χ1) is 13.4. The number of carboxylic acids is 1. The summed E-state index contributed by atoms with van der Waals surface area (Å²) in [4.78, 5) is 37.2. The van der Waals surface area contributed by atoms with Gasteiger partial charge in [-0.15, -0.1) is 0 Å². The summed E-state index contributed by atoms with van der Waals surface area (Å²) in [6, 6.07) is 13.1. The van der Waals surface area contributed by atoms with E-state index in [0.717, 1.165) is 0 Å². The molecule has 28 heavy (non-hydrogen) atoms. The number of benzene rings is 2. The minimum absolute atomic E-state index is 0.0615. The second-order valence-electron chi connectivity index (χ2n) is 6.07. The van der Waals surface area contributed by atoms with Gasteiger partial charge in [0, 0.05) is 24.8 Å². The zero-order valence-corrected chi connectivity index (χ0v) is 16.0. The van der Waals surface area contributed by atoms with E-state index >= 15 is 0 Å². The maximum absolute atomic E-state index is 12.3. The summed E-state index contributed by atoms with van der Waals surface area (Å²) < 4.78 is 5.52. The lowest BCUT2D eigenvalue weighted by Gasteiger charge is -2.18. The fourth-order valence-corrected chi connectivity index (χ4v) is 2.74. The summed E-state index contributed by atoms with van der Waals surface area (Å²) in [5.74, 6) is -1.06. The van der Waals surface area contributed by atoms with E-state index in [4.69, 9.17) is 4.74 Å². The zero-order valence-electron chi connectivity index (χ0n) is 16.0. The van der Waals surface area contributed by atoms with Crippen molar-refractivity contribution in [3.05, 3.63) is 59.7 Å². The number of carbonyl (C=O) groups is 3. The summed E-state index contributed by atoms with van der Waals surface area (Å²) in [5.41, 5.74) is 1.04. The number of nitrogens with one attached hydrogen (secondary N) is 1. The molecule has 0 radical (unpaired) electrons. The highest BCUT2D eigenvalue weighted by Gasteiger charge is 2.13. The lowest BCUT2D eigenvalue weighted by atomic mass is 10.0. The van der Waals surface area contributed by atoms with Crippen LogP contribution in [-0.2, 0) is 16.0 Å². The van der Waals surface area contributed by atoms with Crippen molar-refractivity contribution in [3.8, 4) is 5.75 Å². The molecule has 148 valence electrons. The number of aromatic carboxylic acids is 1. The molecule has 2 aromatic rings. The molecule has 0 spiro atoms. The van der Waals surface area contributed by atoms with E-state index in [1.807, 2.05) is 13.8 Å². The average molecular weight is 384 g/mol. The first-order valence-electron chi connectivity index (χ1n) is 9.06. The van der Waals surface area contributed by atoms with Crippen LogP contribution in [0.25, 0.3) is 0 Å². The number of hydrogen-bond acceptors (Lipinski definition) is 4. The molecule has 2 N–H and O–H groups in total. The monoisotopic (exact) mass is 384 g/mol. The smallest absolute Gasteiger partial charge is 0.335 e. The molecule has 0 atom stereocenters. The van der Waals surface area contributed by atoms with Crippen LogP contribution in [0.4, 0.5) is 5.69 Å². The van der Waals surface area contributed by atoms with E-state index in [1.165, 1.54) is 6.07 Å². The van der Waals surface area contributed by atoms with Crippen molar-refractivity contribution in [2.75, 3.05) is 25.0 Å². The fraction of sp³-hybridized carbons (Fsp3) is 0.286. The third kappa shape index (κ3) is 5.84. The molecular weight excluding hydrogens is 360 g/mol. The highest BCUT2D eigenvalue weighted by atomic mass is 16.5. The van der Waals surface area contributed by atoms with Crippen molar-refractivity contribution in [1.82, 2.24) is 4.90 Å². The van der Waals surface area contributed by atoms with Crippen molar-refractivity contribution in [2.45, 2.75) is 20.3 Å². The van der Waals surface area contributed by atoms with Gasteiger partial charge in [-0.05, 0) is 37.6 Å². The van der Waals surface area contributed by atoms with Crippen molar-refractivity contribution in [2.24, 2.45) is 0 Å². The predicted octanol–water partition coefficient (Wildman–Crippen LogP) is 2.81. The van der Waals surface area contributed by atoms with E-state index in [0.29, 0.717) is 30.1 Å². The SMILES string of the molecule is CCN(CC)C(=O)COc1cccc(NC(=O)Cc2ccccc2C(=O)O)c1. The number of hydrogen-bond donors (Lipinski definition) is 2. The minimum Gasteiger partial charge on any atom is -0.484 e. The van der Waals surface area contributed by atoms with Gasteiger partial charge in [-0.3, -0.25) is 9.59 Å². The van der Waals surface area contributed by atoms with Crippen LogP contribution < -0.4 is 10.1 Å². The van der Waals surface area contributed by atoms with Gasteiger partial charge in [-0.1, -0.05) is 24.3 Å². The number of anilines is 1. The molecule has 0 saturated heterocycles. The van der Waals surface area contributed by atoms with E-state index in [1.54, 1.807) is 47.4 Å². The maximum atomic E-state index is 12.3. The third-order valence-corrected chi connectivity index (χ3v) is 4.20. The van der Waals surface area contributed by atoms with Crippen molar-refractivity contribution >= 4 is 23.5 Å². The first-order valence-corrected chi connectivity index (χ1v) is 9.06. The van der Waals surface area contributed by atoms with Gasteiger partial charge in [-0.2, -0.15) is 0 Å². The highest BCUT2D eigenvalue weighted by molar-refractivity contribution is 5.96. The first kappa shape index (κ1) is 21.0. The molecule has 2 rings (SSSR count). The van der Waals surface area contributed by atoms with Gasteiger partial charge in [0.05, 0.1) is 12.0 Å². The molecule has 2 aromatic carbocycles. The van der Waals surface area contributed by atoms with E-state index in [9.17, 15) is 19.5 Å². The molecule has 0 saturated carbocycles. The van der Waals surface area contributed by atoms with E-state index < -0.39 is 5.97 Å². The number of rotatable bonds is 9. The van der Waals surface area contributed by atoms with Crippen LogP contribution in [0.5, 0.6) is 5.75 Å². The summed E-state index contributed by atoms with van der Waals surface area (Å²) in [6.45, 7) is 4.96.